The number of allylic oxidation sites excluding steroid dienone is 1. The van der Waals surface area contributed by atoms with Crippen molar-refractivity contribution in [3.8, 4) is 0 Å². The Labute approximate surface area is 177 Å². The molecule has 0 amide bonds. The summed E-state index contributed by atoms with van der Waals surface area (Å²) in [5.74, 6) is -1.18. The molecule has 0 aromatic heterocycles. The van der Waals surface area contributed by atoms with Crippen molar-refractivity contribution in [2.24, 2.45) is 5.92 Å². The van der Waals surface area contributed by atoms with Gasteiger partial charge >= 0.3 is 18.1 Å². The molecule has 2 heterocycles. The van der Waals surface area contributed by atoms with Gasteiger partial charge in [-0.15, -0.1) is 0 Å². The lowest BCUT2D eigenvalue weighted by Crippen LogP contribution is -2.29. The summed E-state index contributed by atoms with van der Waals surface area (Å²) < 4.78 is 54.7. The SMILES string of the molecule is C=C1C(=O)O[C@H]2[C@H]1CC/C(C(=O)OCc1ccc(C(F)(F)F)cc1)=C\CC[C@@]1(C)O[C@@H]21. The van der Waals surface area contributed by atoms with E-state index < -0.39 is 35.4 Å². The number of carbonyl (C=O) groups excluding carboxylic acids is 2. The number of hydrogen-bond donors (Lipinski definition) is 0. The molecule has 1 aromatic carbocycles. The Bertz CT molecular complexity index is 934. The molecule has 1 aromatic rings. The molecule has 4 rings (SSSR count). The third kappa shape index (κ3) is 4.39. The van der Waals surface area contributed by atoms with Gasteiger partial charge in [0.2, 0.25) is 0 Å². The monoisotopic (exact) mass is 436 g/mol. The molecule has 4 atom stereocenters. The maximum Gasteiger partial charge on any atom is 0.416 e. The molecule has 1 aliphatic carbocycles. The van der Waals surface area contributed by atoms with Crippen molar-refractivity contribution in [3.63, 3.8) is 0 Å². The van der Waals surface area contributed by atoms with E-state index >= 15 is 0 Å². The van der Waals surface area contributed by atoms with Crippen molar-refractivity contribution in [1.29, 1.82) is 0 Å². The molecule has 5 nitrogen and oxygen atoms in total. The van der Waals surface area contributed by atoms with Crippen LogP contribution in [0.1, 0.15) is 43.7 Å². The van der Waals surface area contributed by atoms with E-state index in [2.05, 4.69) is 6.58 Å². The number of benzene rings is 1. The number of carbonyl (C=O) groups is 2. The predicted octanol–water partition coefficient (Wildman–Crippen LogP) is 4.50. The highest BCUT2D eigenvalue weighted by atomic mass is 19.4. The molecule has 0 radical (unpaired) electrons. The van der Waals surface area contributed by atoms with Crippen LogP contribution in [-0.4, -0.2) is 29.7 Å². The van der Waals surface area contributed by atoms with Gasteiger partial charge in [-0.1, -0.05) is 24.8 Å². The lowest BCUT2D eigenvalue weighted by molar-refractivity contribution is -0.141. The molecule has 0 N–H and O–H groups in total. The second-order valence-electron chi connectivity index (χ2n) is 8.43. The van der Waals surface area contributed by atoms with Crippen molar-refractivity contribution in [3.05, 3.63) is 59.2 Å². The highest BCUT2D eigenvalue weighted by Crippen LogP contribution is 2.49. The molecule has 0 unspecified atom stereocenters. The van der Waals surface area contributed by atoms with Crippen LogP contribution in [-0.2, 0) is 36.6 Å². The van der Waals surface area contributed by atoms with Crippen molar-refractivity contribution < 1.29 is 37.0 Å². The Balaban J connectivity index is 1.42. The highest BCUT2D eigenvalue weighted by Gasteiger charge is 2.61. The largest absolute Gasteiger partial charge is 0.457 e. The standard InChI is InChI=1S/C23H23F3O5/c1-13-17-10-7-15(4-3-11-22(2)19(31-22)18(17)30-20(13)27)21(28)29-12-14-5-8-16(9-6-14)23(24,25)26/h4-6,8-9,17-19H,1,3,7,10-12H2,2H3/b15-4+/t17-,18-,19-,22+/m0/s1. The Hall–Kier alpha value is -2.61. The first-order chi connectivity index (χ1) is 14.6. The minimum atomic E-state index is -4.41. The Morgan fingerprint density at radius 2 is 2.00 bits per heavy atom. The number of halogens is 3. The number of alkyl halides is 3. The van der Waals surface area contributed by atoms with E-state index in [9.17, 15) is 22.8 Å². The van der Waals surface area contributed by atoms with Crippen molar-refractivity contribution in [2.75, 3.05) is 0 Å². The topological polar surface area (TPSA) is 65.1 Å². The van der Waals surface area contributed by atoms with Crippen molar-refractivity contribution >= 4 is 11.9 Å². The zero-order valence-electron chi connectivity index (χ0n) is 17.0. The van der Waals surface area contributed by atoms with Gasteiger partial charge in [0.15, 0.2) is 0 Å². The first-order valence-electron chi connectivity index (χ1n) is 10.2. The second-order valence-corrected chi connectivity index (χ2v) is 8.43. The summed E-state index contributed by atoms with van der Waals surface area (Å²) in [6.45, 7) is 5.68. The average Bonchev–Trinajstić information content (AvgIpc) is 3.31. The van der Waals surface area contributed by atoms with Crippen LogP contribution in [0.2, 0.25) is 0 Å². The molecule has 0 spiro atoms. The summed E-state index contributed by atoms with van der Waals surface area (Å²) in [6, 6.07) is 4.50. The first kappa shape index (κ1) is 21.6. The molecule has 2 fully saturated rings. The Kier molecular flexibility index (Phi) is 5.45. The van der Waals surface area contributed by atoms with Gasteiger partial charge in [-0.3, -0.25) is 0 Å². The molecule has 2 aliphatic heterocycles. The zero-order valence-corrected chi connectivity index (χ0v) is 17.0. The minimum absolute atomic E-state index is 0.127. The van der Waals surface area contributed by atoms with E-state index in [-0.39, 0.29) is 18.6 Å². The zero-order chi connectivity index (χ0) is 22.4. The Morgan fingerprint density at radius 1 is 1.29 bits per heavy atom. The van der Waals surface area contributed by atoms with E-state index in [0.717, 1.165) is 12.1 Å². The summed E-state index contributed by atoms with van der Waals surface area (Å²) in [6.07, 6.45) is -1.01. The van der Waals surface area contributed by atoms with Gasteiger partial charge < -0.3 is 14.2 Å². The fourth-order valence-corrected chi connectivity index (χ4v) is 4.28. The number of epoxide rings is 1. The van der Waals surface area contributed by atoms with Crippen LogP contribution < -0.4 is 0 Å². The first-order valence-corrected chi connectivity index (χ1v) is 10.2. The molecular formula is C23H23F3O5. The molecule has 3 aliphatic rings. The maximum atomic E-state index is 12.7. The third-order valence-corrected chi connectivity index (χ3v) is 6.26. The number of esters is 2. The van der Waals surface area contributed by atoms with Crippen molar-refractivity contribution in [1.82, 2.24) is 0 Å². The predicted molar refractivity (Wildman–Crippen MR) is 104 cm³/mol. The molecule has 0 bridgehead atoms. The summed E-state index contributed by atoms with van der Waals surface area (Å²) in [5.41, 5.74) is 0.166. The Morgan fingerprint density at radius 3 is 2.68 bits per heavy atom. The van der Waals surface area contributed by atoms with Crippen LogP contribution in [0, 0.1) is 5.92 Å². The molecule has 2 saturated heterocycles. The molecule has 166 valence electrons. The number of fused-ring (bicyclic) bond motifs is 3. The molecule has 0 saturated carbocycles. The summed E-state index contributed by atoms with van der Waals surface area (Å²) in [4.78, 5) is 24.7. The fourth-order valence-electron chi connectivity index (χ4n) is 4.28. The van der Waals surface area contributed by atoms with Crippen molar-refractivity contribution in [2.45, 2.75) is 63.2 Å². The molecular weight excluding hydrogens is 413 g/mol. The average molecular weight is 436 g/mol. The fraction of sp³-hybridized carbons (Fsp3) is 0.478. The van der Waals surface area contributed by atoms with Gasteiger partial charge in [0.1, 0.15) is 18.8 Å². The van der Waals surface area contributed by atoms with Crippen LogP contribution in [0.25, 0.3) is 0 Å². The van der Waals surface area contributed by atoms with Gasteiger partial charge in [0.25, 0.3) is 0 Å². The van der Waals surface area contributed by atoms with E-state index in [0.29, 0.717) is 42.4 Å². The minimum Gasteiger partial charge on any atom is -0.457 e. The number of rotatable bonds is 3. The number of ether oxygens (including phenoxy) is 3. The van der Waals surface area contributed by atoms with E-state index in [1.54, 1.807) is 0 Å². The van der Waals surface area contributed by atoms with Gasteiger partial charge in [0.05, 0.1) is 11.2 Å². The van der Waals surface area contributed by atoms with Crippen LogP contribution in [0.5, 0.6) is 0 Å². The van der Waals surface area contributed by atoms with Crippen LogP contribution >= 0.6 is 0 Å². The van der Waals surface area contributed by atoms with E-state index in [1.165, 1.54) is 12.1 Å². The molecule has 8 heteroatoms. The molecule has 31 heavy (non-hydrogen) atoms. The van der Waals surface area contributed by atoms with Gasteiger partial charge in [-0.2, -0.15) is 13.2 Å². The van der Waals surface area contributed by atoms with Gasteiger partial charge in [-0.25, -0.2) is 9.59 Å². The third-order valence-electron chi connectivity index (χ3n) is 6.26. The maximum absolute atomic E-state index is 12.7. The highest BCUT2D eigenvalue weighted by molar-refractivity contribution is 5.91. The normalized spacial score (nSPS) is 32.3. The van der Waals surface area contributed by atoms with Crippen LogP contribution in [0.3, 0.4) is 0 Å². The summed E-state index contributed by atoms with van der Waals surface area (Å²) in [5, 5.41) is 0. The van der Waals surface area contributed by atoms with E-state index in [1.807, 2.05) is 13.0 Å². The van der Waals surface area contributed by atoms with Gasteiger partial charge in [-0.05, 0) is 50.3 Å². The smallest absolute Gasteiger partial charge is 0.416 e. The van der Waals surface area contributed by atoms with Crippen LogP contribution in [0.4, 0.5) is 13.2 Å². The quantitative estimate of drug-likeness (QED) is 0.397. The van der Waals surface area contributed by atoms with Crippen LogP contribution in [0.15, 0.2) is 48.1 Å². The van der Waals surface area contributed by atoms with E-state index in [4.69, 9.17) is 14.2 Å². The number of hydrogen-bond acceptors (Lipinski definition) is 5. The second kappa shape index (κ2) is 7.82. The lowest BCUT2D eigenvalue weighted by Gasteiger charge is -2.19. The summed E-state index contributed by atoms with van der Waals surface area (Å²) in [7, 11) is 0. The summed E-state index contributed by atoms with van der Waals surface area (Å²) >= 11 is 0. The lowest BCUT2D eigenvalue weighted by atomic mass is 9.84. The van der Waals surface area contributed by atoms with Gasteiger partial charge in [0, 0.05) is 17.1 Å².